The highest BCUT2D eigenvalue weighted by Crippen LogP contribution is 2.36. The number of nitrogens with one attached hydrogen (secondary N) is 3. The van der Waals surface area contributed by atoms with Crippen LogP contribution in [0.2, 0.25) is 0 Å². The van der Waals surface area contributed by atoms with Crippen molar-refractivity contribution in [2.24, 2.45) is 0 Å². The number of rotatable bonds is 7. The van der Waals surface area contributed by atoms with Crippen LogP contribution in [0.15, 0.2) is 67.0 Å². The van der Waals surface area contributed by atoms with Crippen LogP contribution in [0, 0.1) is 0 Å². The Morgan fingerprint density at radius 1 is 1.03 bits per heavy atom. The Balaban J connectivity index is 1.93. The van der Waals surface area contributed by atoms with Crippen molar-refractivity contribution in [3.8, 4) is 11.1 Å². The second-order valence-electron chi connectivity index (χ2n) is 6.98. The number of para-hydroxylation sites is 2. The predicted octanol–water partition coefficient (Wildman–Crippen LogP) is 2.98. The van der Waals surface area contributed by atoms with Crippen LogP contribution < -0.4 is 15.4 Å². The summed E-state index contributed by atoms with van der Waals surface area (Å²) in [6.07, 6.45) is 3.30. The van der Waals surface area contributed by atoms with Crippen molar-refractivity contribution in [2.75, 3.05) is 24.1 Å². The molecule has 1 aromatic heterocycles. The van der Waals surface area contributed by atoms with Crippen molar-refractivity contribution in [2.45, 2.75) is 6.54 Å². The van der Waals surface area contributed by atoms with E-state index in [-0.39, 0.29) is 23.7 Å². The van der Waals surface area contributed by atoms with E-state index in [9.17, 15) is 18.4 Å². The van der Waals surface area contributed by atoms with Gasteiger partial charge in [0.15, 0.2) is 0 Å². The molecule has 0 fully saturated rings. The zero-order valence-electron chi connectivity index (χ0n) is 17.5. The lowest BCUT2D eigenvalue weighted by atomic mass is 9.98. The number of urea groups is 1. The van der Waals surface area contributed by atoms with E-state index in [0.717, 1.165) is 5.56 Å². The maximum Gasteiger partial charge on any atom is 0.319 e. The Bertz CT molecular complexity index is 1140. The Kier molecular flexibility index (Phi) is 7.53. The summed E-state index contributed by atoms with van der Waals surface area (Å²) in [6, 6.07) is 15.0. The molecular weight excluding hydrogens is 430 g/mol. The highest BCUT2D eigenvalue weighted by molar-refractivity contribution is 7.80. The highest BCUT2D eigenvalue weighted by Gasteiger charge is 2.19. The fraction of sp³-hybridized carbons (Fsp3) is 0.136. The van der Waals surface area contributed by atoms with Gasteiger partial charge in [0.25, 0.3) is 5.91 Å². The number of nitrogens with zero attached hydrogens (tertiary/aromatic N) is 2. The van der Waals surface area contributed by atoms with Crippen molar-refractivity contribution in [3.05, 3.63) is 78.1 Å². The molecule has 0 spiro atoms. The largest absolute Gasteiger partial charge is 0.755 e. The van der Waals surface area contributed by atoms with Gasteiger partial charge in [-0.1, -0.05) is 36.4 Å². The first-order valence-electron chi connectivity index (χ1n) is 9.60. The van der Waals surface area contributed by atoms with E-state index in [1.54, 1.807) is 69.0 Å². The monoisotopic (exact) mass is 452 g/mol. The van der Waals surface area contributed by atoms with E-state index in [1.807, 2.05) is 6.07 Å². The molecule has 1 unspecified atom stereocenters. The molecule has 3 aromatic rings. The van der Waals surface area contributed by atoms with Crippen molar-refractivity contribution in [1.29, 1.82) is 0 Å². The summed E-state index contributed by atoms with van der Waals surface area (Å²) in [4.78, 5) is 30.5. The molecule has 3 N–H and O–H groups in total. The number of pyridine rings is 1. The van der Waals surface area contributed by atoms with Gasteiger partial charge in [0.05, 0.1) is 16.9 Å². The smallest absolute Gasteiger partial charge is 0.319 e. The van der Waals surface area contributed by atoms with Crippen molar-refractivity contribution < 1.29 is 18.4 Å². The van der Waals surface area contributed by atoms with Crippen molar-refractivity contribution in [1.82, 2.24) is 15.2 Å². The van der Waals surface area contributed by atoms with Crippen LogP contribution in [-0.2, 0) is 17.8 Å². The van der Waals surface area contributed by atoms with E-state index in [0.29, 0.717) is 16.8 Å². The van der Waals surface area contributed by atoms with Crippen LogP contribution in [0.25, 0.3) is 11.1 Å². The Hall–Kier alpha value is -3.76. The maximum atomic E-state index is 12.6. The number of hydrogen-bond donors (Lipinski definition) is 3. The van der Waals surface area contributed by atoms with Gasteiger partial charge in [0.1, 0.15) is 0 Å². The fourth-order valence-corrected chi connectivity index (χ4v) is 3.45. The standard InChI is InChI=1S/C22H23N5O4S/c1-27(2)21(28)18-10-5-9-17(20(18)26-32(30)31)16-8-3-4-11-19(16)25-22(29)24-14-15-7-6-12-23-13-15/h3-13,26H,14H2,1-2H3,(H,30,31)(H2,24,25,29)/p-1. The first-order chi connectivity index (χ1) is 15.4. The third-order valence-corrected chi connectivity index (χ3v) is 4.90. The molecular formula is C22H22N5O4S-. The van der Waals surface area contributed by atoms with Crippen LogP contribution in [0.5, 0.6) is 0 Å². The van der Waals surface area contributed by atoms with E-state index in [4.69, 9.17) is 0 Å². The maximum absolute atomic E-state index is 12.6. The average Bonchev–Trinajstić information content (AvgIpc) is 2.78. The van der Waals surface area contributed by atoms with Crippen LogP contribution in [0.1, 0.15) is 15.9 Å². The summed E-state index contributed by atoms with van der Waals surface area (Å²) in [7, 11) is 3.16. The third-order valence-electron chi connectivity index (χ3n) is 4.53. The number of amides is 3. The third kappa shape index (κ3) is 5.68. The fourth-order valence-electron chi connectivity index (χ4n) is 3.07. The van der Waals surface area contributed by atoms with Gasteiger partial charge in [-0.05, 0) is 23.8 Å². The summed E-state index contributed by atoms with van der Waals surface area (Å²) >= 11 is -2.66. The van der Waals surface area contributed by atoms with E-state index in [2.05, 4.69) is 20.3 Å². The van der Waals surface area contributed by atoms with Gasteiger partial charge in [-0.25, -0.2) is 4.79 Å². The van der Waals surface area contributed by atoms with Gasteiger partial charge >= 0.3 is 6.03 Å². The zero-order chi connectivity index (χ0) is 23.1. The quantitative estimate of drug-likeness (QED) is 0.475. The van der Waals surface area contributed by atoms with E-state index in [1.165, 1.54) is 11.0 Å². The molecule has 0 aliphatic rings. The molecule has 0 saturated carbocycles. The molecule has 0 radical (unpaired) electrons. The molecule has 10 heteroatoms. The molecule has 3 amide bonds. The molecule has 1 heterocycles. The summed E-state index contributed by atoms with van der Waals surface area (Å²) in [5.41, 5.74) is 2.60. The minimum atomic E-state index is -2.66. The van der Waals surface area contributed by atoms with Gasteiger partial charge in [-0.3, -0.25) is 14.0 Å². The lowest BCUT2D eigenvalue weighted by Gasteiger charge is -2.21. The van der Waals surface area contributed by atoms with Crippen molar-refractivity contribution in [3.63, 3.8) is 0 Å². The summed E-state index contributed by atoms with van der Waals surface area (Å²) in [6.45, 7) is 0.288. The summed E-state index contributed by atoms with van der Waals surface area (Å²) in [5.74, 6) is -0.362. The Labute approximate surface area is 188 Å². The van der Waals surface area contributed by atoms with Crippen LogP contribution in [0.4, 0.5) is 16.2 Å². The zero-order valence-corrected chi connectivity index (χ0v) is 18.3. The molecule has 2 aromatic carbocycles. The van der Waals surface area contributed by atoms with Crippen LogP contribution in [0.3, 0.4) is 0 Å². The van der Waals surface area contributed by atoms with E-state index >= 15 is 0 Å². The molecule has 0 bridgehead atoms. The van der Waals surface area contributed by atoms with Crippen molar-refractivity contribution >= 4 is 34.6 Å². The molecule has 32 heavy (non-hydrogen) atoms. The number of anilines is 2. The second-order valence-corrected chi connectivity index (χ2v) is 7.65. The summed E-state index contributed by atoms with van der Waals surface area (Å²) < 4.78 is 25.3. The van der Waals surface area contributed by atoms with Crippen LogP contribution >= 0.6 is 0 Å². The van der Waals surface area contributed by atoms with Gasteiger partial charge < -0.3 is 24.8 Å². The molecule has 166 valence electrons. The highest BCUT2D eigenvalue weighted by atomic mass is 32.2. The lowest BCUT2D eigenvalue weighted by molar-refractivity contribution is 0.0828. The number of hydrogen-bond acceptors (Lipinski definition) is 5. The molecule has 0 saturated heterocycles. The van der Waals surface area contributed by atoms with Gasteiger partial charge in [-0.2, -0.15) is 0 Å². The molecule has 3 rings (SSSR count). The normalized spacial score (nSPS) is 11.3. The Morgan fingerprint density at radius 3 is 2.47 bits per heavy atom. The van der Waals surface area contributed by atoms with E-state index < -0.39 is 17.3 Å². The minimum absolute atomic E-state index is 0.129. The van der Waals surface area contributed by atoms with Crippen LogP contribution in [-0.4, -0.2) is 44.7 Å². The molecule has 0 aliphatic carbocycles. The Morgan fingerprint density at radius 2 is 1.78 bits per heavy atom. The number of benzene rings is 2. The first kappa shape index (κ1) is 22.9. The van der Waals surface area contributed by atoms with Gasteiger partial charge in [-0.15, -0.1) is 0 Å². The molecule has 9 nitrogen and oxygen atoms in total. The number of carbonyl (C=O) groups excluding carboxylic acids is 2. The lowest BCUT2D eigenvalue weighted by Crippen LogP contribution is -2.28. The molecule has 1 atom stereocenters. The topological polar surface area (TPSA) is 126 Å². The average molecular weight is 453 g/mol. The predicted molar refractivity (Wildman–Crippen MR) is 123 cm³/mol. The first-order valence-corrected chi connectivity index (χ1v) is 10.7. The molecule has 0 aliphatic heterocycles. The van der Waals surface area contributed by atoms with Gasteiger partial charge in [0.2, 0.25) is 0 Å². The van der Waals surface area contributed by atoms with Gasteiger partial charge in [0, 0.05) is 55.4 Å². The minimum Gasteiger partial charge on any atom is -0.755 e. The SMILES string of the molecule is CN(C)C(=O)c1cccc(-c2ccccc2NC(=O)NCc2cccnc2)c1NS(=O)[O-]. The summed E-state index contributed by atoms with van der Waals surface area (Å²) in [5, 5.41) is 5.54. The number of aromatic nitrogens is 1. The second kappa shape index (κ2) is 10.5. The number of carbonyl (C=O) groups is 2.